The highest BCUT2D eigenvalue weighted by molar-refractivity contribution is 5.93. The summed E-state index contributed by atoms with van der Waals surface area (Å²) in [5.74, 6) is -2.60. The van der Waals surface area contributed by atoms with Gasteiger partial charge in [-0.3, -0.25) is 14.4 Å². The molecule has 0 bridgehead atoms. The Balaban J connectivity index is 1.66. The minimum atomic E-state index is -1.39. The van der Waals surface area contributed by atoms with Crippen molar-refractivity contribution in [2.45, 2.75) is 31.3 Å². The van der Waals surface area contributed by atoms with Crippen LogP contribution in [-0.2, 0) is 19.1 Å². The molecule has 174 valence electrons. The highest BCUT2D eigenvalue weighted by Crippen LogP contribution is 2.44. The van der Waals surface area contributed by atoms with E-state index in [9.17, 15) is 19.2 Å². The summed E-state index contributed by atoms with van der Waals surface area (Å²) in [7, 11) is 3.07. The zero-order valence-electron chi connectivity index (χ0n) is 18.7. The fraction of sp³-hybridized carbons (Fsp3) is 0.333. The molecule has 0 saturated heterocycles. The Kier molecular flexibility index (Phi) is 7.32. The highest BCUT2D eigenvalue weighted by Gasteiger charge is 2.31. The van der Waals surface area contributed by atoms with Crippen LogP contribution in [0, 0.1) is 0 Å². The Bertz CT molecular complexity index is 1020. The molecule has 2 atom stereocenters. The number of carboxylic acids is 1. The van der Waals surface area contributed by atoms with E-state index in [0.717, 1.165) is 22.3 Å². The number of fused-ring (bicyclic) bond motifs is 3. The van der Waals surface area contributed by atoms with Crippen molar-refractivity contribution in [2.24, 2.45) is 0 Å². The van der Waals surface area contributed by atoms with Crippen LogP contribution in [0.3, 0.4) is 0 Å². The molecular formula is C24H27N3O6. The van der Waals surface area contributed by atoms with Crippen molar-refractivity contribution >= 4 is 23.9 Å². The van der Waals surface area contributed by atoms with Gasteiger partial charge in [-0.1, -0.05) is 48.5 Å². The zero-order chi connectivity index (χ0) is 24.1. The Labute approximate surface area is 191 Å². The van der Waals surface area contributed by atoms with Crippen molar-refractivity contribution in [1.29, 1.82) is 0 Å². The lowest BCUT2D eigenvalue weighted by atomic mass is 9.98. The van der Waals surface area contributed by atoms with Crippen molar-refractivity contribution in [3.63, 3.8) is 0 Å². The van der Waals surface area contributed by atoms with E-state index < -0.39 is 36.5 Å². The molecule has 1 aliphatic rings. The highest BCUT2D eigenvalue weighted by atomic mass is 16.5. The molecule has 1 aliphatic carbocycles. The van der Waals surface area contributed by atoms with E-state index in [1.165, 1.54) is 25.9 Å². The van der Waals surface area contributed by atoms with Gasteiger partial charge in [-0.25, -0.2) is 4.79 Å². The molecule has 3 N–H and O–H groups in total. The third kappa shape index (κ3) is 5.49. The molecular weight excluding hydrogens is 426 g/mol. The second kappa shape index (κ2) is 10.2. The number of carbonyl (C=O) groups excluding carboxylic acids is 3. The van der Waals surface area contributed by atoms with E-state index in [1.54, 1.807) is 0 Å². The Morgan fingerprint density at radius 2 is 1.52 bits per heavy atom. The molecule has 0 radical (unpaired) electrons. The number of likely N-dealkylation sites (N-methyl/N-ethyl adjacent to an activating group) is 1. The predicted octanol–water partition coefficient (Wildman–Crippen LogP) is 1.96. The second-order valence-electron chi connectivity index (χ2n) is 8.08. The standard InChI is InChI=1S/C24H27N3O6/c1-14(23(31)27(2)3)25-22(30)20(12-21(28)29)26-24(32)33-13-19-17-10-6-4-8-15(17)16-9-5-7-11-18(16)19/h4-11,14,19-20H,12-13H2,1-3H3,(H,25,30)(H,26,32)(H,28,29)/t14-,20?/m1/s1. The Hall–Kier alpha value is -3.88. The van der Waals surface area contributed by atoms with E-state index in [2.05, 4.69) is 10.6 Å². The fourth-order valence-corrected chi connectivity index (χ4v) is 3.93. The number of ether oxygens (including phenoxy) is 1. The summed E-state index contributed by atoms with van der Waals surface area (Å²) in [5.41, 5.74) is 4.21. The Morgan fingerprint density at radius 3 is 2.03 bits per heavy atom. The number of alkyl carbamates (subject to hydrolysis) is 1. The molecule has 0 fully saturated rings. The van der Waals surface area contributed by atoms with Crippen molar-refractivity contribution in [2.75, 3.05) is 20.7 Å². The zero-order valence-corrected chi connectivity index (χ0v) is 18.7. The summed E-state index contributed by atoms with van der Waals surface area (Å²) in [6.45, 7) is 1.50. The average molecular weight is 453 g/mol. The smallest absolute Gasteiger partial charge is 0.407 e. The fourth-order valence-electron chi connectivity index (χ4n) is 3.93. The number of carbonyl (C=O) groups is 4. The molecule has 33 heavy (non-hydrogen) atoms. The van der Waals surface area contributed by atoms with Crippen LogP contribution in [0.2, 0.25) is 0 Å². The molecule has 2 aromatic rings. The van der Waals surface area contributed by atoms with Crippen LogP contribution >= 0.6 is 0 Å². The summed E-state index contributed by atoms with van der Waals surface area (Å²) in [6, 6.07) is 13.4. The molecule has 0 aromatic heterocycles. The van der Waals surface area contributed by atoms with Crippen molar-refractivity contribution in [1.82, 2.24) is 15.5 Å². The maximum atomic E-state index is 12.5. The van der Waals surface area contributed by atoms with Gasteiger partial charge in [-0.05, 0) is 29.2 Å². The molecule has 0 spiro atoms. The van der Waals surface area contributed by atoms with Crippen LogP contribution < -0.4 is 10.6 Å². The number of amides is 3. The van der Waals surface area contributed by atoms with Crippen LogP contribution in [-0.4, -0.2) is 66.7 Å². The minimum absolute atomic E-state index is 0.0246. The number of benzene rings is 2. The van der Waals surface area contributed by atoms with E-state index >= 15 is 0 Å². The molecule has 3 amide bonds. The molecule has 0 saturated carbocycles. The molecule has 2 aromatic carbocycles. The van der Waals surface area contributed by atoms with Gasteiger partial charge in [-0.15, -0.1) is 0 Å². The molecule has 0 aliphatic heterocycles. The quantitative estimate of drug-likeness (QED) is 0.561. The lowest BCUT2D eigenvalue weighted by Crippen LogP contribution is -2.53. The van der Waals surface area contributed by atoms with E-state index in [-0.39, 0.29) is 18.4 Å². The van der Waals surface area contributed by atoms with Gasteiger partial charge in [0.25, 0.3) is 0 Å². The topological polar surface area (TPSA) is 125 Å². The molecule has 9 nitrogen and oxygen atoms in total. The second-order valence-corrected chi connectivity index (χ2v) is 8.08. The number of hydrogen-bond donors (Lipinski definition) is 3. The summed E-state index contributed by atoms with van der Waals surface area (Å²) < 4.78 is 5.39. The predicted molar refractivity (Wildman–Crippen MR) is 121 cm³/mol. The summed E-state index contributed by atoms with van der Waals surface area (Å²) in [6.07, 6.45) is -1.57. The van der Waals surface area contributed by atoms with E-state index in [1.807, 2.05) is 48.5 Å². The van der Waals surface area contributed by atoms with Crippen molar-refractivity contribution in [3.05, 3.63) is 59.7 Å². The largest absolute Gasteiger partial charge is 0.481 e. The number of nitrogens with zero attached hydrogens (tertiary/aromatic N) is 1. The maximum Gasteiger partial charge on any atom is 0.407 e. The molecule has 0 heterocycles. The lowest BCUT2D eigenvalue weighted by Gasteiger charge is -2.22. The van der Waals surface area contributed by atoms with Gasteiger partial charge in [0, 0.05) is 20.0 Å². The normalized spacial score (nSPS) is 13.8. The molecule has 1 unspecified atom stereocenters. The number of hydrogen-bond acceptors (Lipinski definition) is 5. The number of carboxylic acid groups (broad SMARTS) is 1. The van der Waals surface area contributed by atoms with Gasteiger partial charge in [0.1, 0.15) is 18.7 Å². The van der Waals surface area contributed by atoms with Gasteiger partial charge in [0.05, 0.1) is 6.42 Å². The van der Waals surface area contributed by atoms with Gasteiger partial charge in [0.2, 0.25) is 11.8 Å². The molecule has 9 heteroatoms. The summed E-state index contributed by atoms with van der Waals surface area (Å²) in [4.78, 5) is 49.5. The van der Waals surface area contributed by atoms with Gasteiger partial charge in [0.15, 0.2) is 0 Å². The minimum Gasteiger partial charge on any atom is -0.481 e. The van der Waals surface area contributed by atoms with E-state index in [0.29, 0.717) is 0 Å². The third-order valence-corrected chi connectivity index (χ3v) is 5.50. The third-order valence-electron chi connectivity index (χ3n) is 5.50. The monoisotopic (exact) mass is 453 g/mol. The van der Waals surface area contributed by atoms with E-state index in [4.69, 9.17) is 9.84 Å². The van der Waals surface area contributed by atoms with Gasteiger partial charge < -0.3 is 25.4 Å². The number of aliphatic carboxylic acids is 1. The summed E-state index contributed by atoms with van der Waals surface area (Å²) >= 11 is 0. The first kappa shape index (κ1) is 23.8. The average Bonchev–Trinajstić information content (AvgIpc) is 3.10. The summed E-state index contributed by atoms with van der Waals surface area (Å²) in [5, 5.41) is 13.9. The van der Waals surface area contributed by atoms with Crippen LogP contribution in [0.25, 0.3) is 11.1 Å². The van der Waals surface area contributed by atoms with Gasteiger partial charge in [-0.2, -0.15) is 0 Å². The van der Waals surface area contributed by atoms with Crippen LogP contribution in [0.4, 0.5) is 4.79 Å². The number of rotatable bonds is 8. The first-order valence-corrected chi connectivity index (χ1v) is 10.5. The van der Waals surface area contributed by atoms with Gasteiger partial charge >= 0.3 is 12.1 Å². The number of nitrogens with one attached hydrogen (secondary N) is 2. The van der Waals surface area contributed by atoms with Crippen molar-refractivity contribution in [3.8, 4) is 11.1 Å². The Morgan fingerprint density at radius 1 is 0.970 bits per heavy atom. The van der Waals surface area contributed by atoms with Crippen LogP contribution in [0.1, 0.15) is 30.4 Å². The molecule has 3 rings (SSSR count). The SMILES string of the molecule is C[C@@H](NC(=O)C(CC(=O)O)NC(=O)OCC1c2ccccc2-c2ccccc21)C(=O)N(C)C. The van der Waals surface area contributed by atoms with Crippen LogP contribution in [0.15, 0.2) is 48.5 Å². The first-order chi connectivity index (χ1) is 15.7. The van der Waals surface area contributed by atoms with Crippen LogP contribution in [0.5, 0.6) is 0 Å². The van der Waals surface area contributed by atoms with Crippen molar-refractivity contribution < 1.29 is 29.0 Å². The lowest BCUT2D eigenvalue weighted by molar-refractivity contribution is -0.140. The maximum absolute atomic E-state index is 12.5. The first-order valence-electron chi connectivity index (χ1n) is 10.5.